The molecular formula is C25H20BrClN6O6S2. The molecule has 12 nitrogen and oxygen atoms in total. The minimum Gasteiger partial charge on any atom is -0.476 e. The quantitative estimate of drug-likeness (QED) is 0.114. The molecule has 0 atom stereocenters. The van der Waals surface area contributed by atoms with Crippen LogP contribution in [0.2, 0.25) is 5.02 Å². The number of rotatable bonds is 12. The zero-order valence-electron chi connectivity index (χ0n) is 20.7. The van der Waals surface area contributed by atoms with E-state index in [4.69, 9.17) is 21.8 Å². The van der Waals surface area contributed by atoms with Crippen LogP contribution in [0.15, 0.2) is 63.6 Å². The number of benzene rings is 2. The van der Waals surface area contributed by atoms with Crippen molar-refractivity contribution in [1.82, 2.24) is 25.3 Å². The number of nitrogens with one attached hydrogen (secondary N) is 4. The van der Waals surface area contributed by atoms with E-state index >= 15 is 0 Å². The molecule has 0 radical (unpaired) electrons. The maximum atomic E-state index is 12.5. The van der Waals surface area contributed by atoms with Gasteiger partial charge >= 0.3 is 11.9 Å². The molecule has 0 aliphatic carbocycles. The van der Waals surface area contributed by atoms with Crippen molar-refractivity contribution in [2.45, 2.75) is 16.9 Å². The molecule has 2 aromatic carbocycles. The normalized spacial score (nSPS) is 10.8. The number of aromatic amines is 2. The van der Waals surface area contributed by atoms with E-state index in [-0.39, 0.29) is 41.3 Å². The third kappa shape index (κ3) is 8.36. The minimum atomic E-state index is -1.16. The van der Waals surface area contributed by atoms with Crippen molar-refractivity contribution < 1.29 is 29.4 Å². The smallest absolute Gasteiger partial charge is 0.356 e. The maximum Gasteiger partial charge on any atom is 0.356 e. The van der Waals surface area contributed by atoms with Crippen molar-refractivity contribution in [3.05, 3.63) is 75.2 Å². The van der Waals surface area contributed by atoms with E-state index in [0.29, 0.717) is 32.1 Å². The summed E-state index contributed by atoms with van der Waals surface area (Å²) < 4.78 is 0.736. The summed E-state index contributed by atoms with van der Waals surface area (Å²) in [6, 6.07) is 10.6. The van der Waals surface area contributed by atoms with Gasteiger partial charge in [-0.05, 0) is 41.5 Å². The van der Waals surface area contributed by atoms with Crippen molar-refractivity contribution in [2.24, 2.45) is 0 Å². The van der Waals surface area contributed by atoms with Crippen LogP contribution in [-0.4, -0.2) is 65.4 Å². The summed E-state index contributed by atoms with van der Waals surface area (Å²) in [6.45, 7) is 0.226. The van der Waals surface area contributed by atoms with E-state index in [0.717, 1.165) is 33.6 Å². The molecule has 0 unspecified atom stereocenters. The van der Waals surface area contributed by atoms with Gasteiger partial charge in [-0.1, -0.05) is 57.1 Å². The predicted octanol–water partition coefficient (Wildman–Crippen LogP) is 4.75. The molecule has 0 aliphatic heterocycles. The largest absolute Gasteiger partial charge is 0.476 e. The van der Waals surface area contributed by atoms with Crippen LogP contribution in [0.3, 0.4) is 0 Å². The number of H-pyrrole nitrogens is 2. The number of carbonyl (C=O) groups is 4. The van der Waals surface area contributed by atoms with Crippen LogP contribution in [0, 0.1) is 0 Å². The molecule has 0 bridgehead atoms. The minimum absolute atomic E-state index is 0.00678. The molecule has 2 amide bonds. The van der Waals surface area contributed by atoms with Crippen LogP contribution in [-0.2, 0) is 16.1 Å². The number of halogens is 2. The molecule has 0 saturated carbocycles. The third-order valence-corrected chi connectivity index (χ3v) is 8.09. The van der Waals surface area contributed by atoms with Gasteiger partial charge in [0.25, 0.3) is 0 Å². The SMILES string of the molecule is O=C(CSc1nc(C(=O)O)c[nH]1)NCc1ccc(Cl)c(-c2cc(NC(=O)CSc3nc(C(=O)O)c[nH]3)ccc2Br)c1. The molecule has 0 aliphatic rings. The lowest BCUT2D eigenvalue weighted by Crippen LogP contribution is -2.24. The summed E-state index contributed by atoms with van der Waals surface area (Å²) in [5.74, 6) is -2.85. The van der Waals surface area contributed by atoms with Crippen molar-refractivity contribution >= 4 is 80.5 Å². The van der Waals surface area contributed by atoms with Crippen LogP contribution in [0.4, 0.5) is 5.69 Å². The number of carboxylic acids is 2. The Labute approximate surface area is 254 Å². The van der Waals surface area contributed by atoms with Crippen molar-refractivity contribution in [1.29, 1.82) is 0 Å². The number of aromatic carboxylic acids is 2. The fourth-order valence-corrected chi connectivity index (χ4v) is 5.39. The van der Waals surface area contributed by atoms with Crippen LogP contribution in [0.1, 0.15) is 26.5 Å². The fourth-order valence-electron chi connectivity index (χ4n) is 3.39. The van der Waals surface area contributed by atoms with Gasteiger partial charge in [0, 0.05) is 39.7 Å². The standard InChI is InChI=1S/C25H20BrClN6O6S2/c26-16-3-2-13(31-21(35)11-41-25-30-9-19(33-25)23(38)39)6-14(16)15-5-12(1-4-17(15)27)7-28-20(34)10-40-24-29-8-18(32-24)22(36)37/h1-6,8-9H,7,10-11H2,(H,28,34)(H,29,32)(H,30,33)(H,31,35)(H,36,37)(H,38,39). The Bertz CT molecular complexity index is 1630. The Hall–Kier alpha value is -3.79. The van der Waals surface area contributed by atoms with E-state index in [1.165, 1.54) is 12.4 Å². The summed E-state index contributed by atoms with van der Waals surface area (Å²) in [5.41, 5.74) is 2.45. The van der Waals surface area contributed by atoms with Gasteiger partial charge in [-0.3, -0.25) is 9.59 Å². The Kier molecular flexibility index (Phi) is 10.1. The summed E-state index contributed by atoms with van der Waals surface area (Å²) in [7, 11) is 0. The number of hydrogen-bond donors (Lipinski definition) is 6. The first kappa shape index (κ1) is 30.2. The van der Waals surface area contributed by atoms with Gasteiger partial charge in [-0.25, -0.2) is 19.6 Å². The van der Waals surface area contributed by atoms with Crippen LogP contribution >= 0.6 is 51.1 Å². The highest BCUT2D eigenvalue weighted by atomic mass is 79.9. The van der Waals surface area contributed by atoms with Crippen molar-refractivity contribution in [3.8, 4) is 11.1 Å². The van der Waals surface area contributed by atoms with Gasteiger partial charge in [-0.2, -0.15) is 0 Å². The topological polar surface area (TPSA) is 190 Å². The number of carbonyl (C=O) groups excluding carboxylic acids is 2. The van der Waals surface area contributed by atoms with Gasteiger partial charge in [0.1, 0.15) is 0 Å². The van der Waals surface area contributed by atoms with Gasteiger partial charge in [0.05, 0.1) is 11.5 Å². The van der Waals surface area contributed by atoms with Crippen molar-refractivity contribution in [2.75, 3.05) is 16.8 Å². The average molecular weight is 680 g/mol. The molecule has 4 rings (SSSR count). The summed E-state index contributed by atoms with van der Waals surface area (Å²) in [4.78, 5) is 59.9. The zero-order chi connectivity index (χ0) is 29.5. The Morgan fingerprint density at radius 2 is 1.46 bits per heavy atom. The molecule has 16 heteroatoms. The molecular weight excluding hydrogens is 660 g/mol. The van der Waals surface area contributed by atoms with Crippen LogP contribution in [0.5, 0.6) is 0 Å². The molecule has 0 saturated heterocycles. The fraction of sp³-hybridized carbons (Fsp3) is 0.120. The molecule has 2 aromatic heterocycles. The number of imidazole rings is 2. The van der Waals surface area contributed by atoms with E-state index < -0.39 is 11.9 Å². The van der Waals surface area contributed by atoms with Crippen LogP contribution < -0.4 is 10.6 Å². The Morgan fingerprint density at radius 3 is 2.05 bits per heavy atom. The van der Waals surface area contributed by atoms with Gasteiger partial charge < -0.3 is 30.8 Å². The first-order valence-corrected chi connectivity index (χ1v) is 14.7. The average Bonchev–Trinajstić information content (AvgIpc) is 3.62. The second-order valence-corrected chi connectivity index (χ2v) is 11.4. The van der Waals surface area contributed by atoms with Crippen LogP contribution in [0.25, 0.3) is 11.1 Å². The monoisotopic (exact) mass is 678 g/mol. The number of amides is 2. The first-order chi connectivity index (χ1) is 19.6. The maximum absolute atomic E-state index is 12.5. The number of anilines is 1. The van der Waals surface area contributed by atoms with Gasteiger partial charge in [-0.15, -0.1) is 0 Å². The zero-order valence-corrected chi connectivity index (χ0v) is 24.7. The van der Waals surface area contributed by atoms with Gasteiger partial charge in [0.15, 0.2) is 21.7 Å². The highest BCUT2D eigenvalue weighted by molar-refractivity contribution is 9.10. The molecule has 2 heterocycles. The molecule has 0 spiro atoms. The molecule has 4 aromatic rings. The lowest BCUT2D eigenvalue weighted by atomic mass is 10.0. The lowest BCUT2D eigenvalue weighted by Gasteiger charge is -2.13. The van der Waals surface area contributed by atoms with E-state index in [1.807, 2.05) is 6.07 Å². The molecule has 6 N–H and O–H groups in total. The summed E-state index contributed by atoms with van der Waals surface area (Å²) in [5, 5.41) is 24.6. The Balaban J connectivity index is 1.36. The number of thioether (sulfide) groups is 2. The number of hydrogen-bond acceptors (Lipinski definition) is 8. The second-order valence-electron chi connectivity index (χ2n) is 8.20. The highest BCUT2D eigenvalue weighted by Gasteiger charge is 2.14. The van der Waals surface area contributed by atoms with E-state index in [9.17, 15) is 19.2 Å². The second kappa shape index (κ2) is 13.7. The first-order valence-electron chi connectivity index (χ1n) is 11.6. The van der Waals surface area contributed by atoms with Crippen molar-refractivity contribution in [3.63, 3.8) is 0 Å². The predicted molar refractivity (Wildman–Crippen MR) is 158 cm³/mol. The Morgan fingerprint density at radius 1 is 0.854 bits per heavy atom. The lowest BCUT2D eigenvalue weighted by molar-refractivity contribution is -0.118. The number of carboxylic acid groups (broad SMARTS) is 2. The molecule has 41 heavy (non-hydrogen) atoms. The molecule has 0 fully saturated rings. The van der Waals surface area contributed by atoms with E-state index in [1.54, 1.807) is 30.3 Å². The van der Waals surface area contributed by atoms with Gasteiger partial charge in [0.2, 0.25) is 11.8 Å². The number of aromatic nitrogens is 4. The third-order valence-electron chi connectivity index (χ3n) is 5.29. The molecule has 212 valence electrons. The summed E-state index contributed by atoms with van der Waals surface area (Å²) >= 11 is 12.2. The van der Waals surface area contributed by atoms with E-state index in [2.05, 4.69) is 46.5 Å². The summed E-state index contributed by atoms with van der Waals surface area (Å²) in [6.07, 6.45) is 2.51. The number of nitrogens with zero attached hydrogens (tertiary/aromatic N) is 2. The highest BCUT2D eigenvalue weighted by Crippen LogP contribution is 2.36.